The lowest BCUT2D eigenvalue weighted by Gasteiger charge is -2.45. The van der Waals surface area contributed by atoms with Gasteiger partial charge in [-0.25, -0.2) is 0 Å². The van der Waals surface area contributed by atoms with Crippen molar-refractivity contribution in [3.63, 3.8) is 0 Å². The van der Waals surface area contributed by atoms with Crippen LogP contribution in [0.25, 0.3) is 0 Å². The number of hydrogen-bond acceptors (Lipinski definition) is 5. The fourth-order valence-corrected chi connectivity index (χ4v) is 3.85. The van der Waals surface area contributed by atoms with Crippen LogP contribution in [-0.2, 0) is 14.9 Å². The smallest absolute Gasteiger partial charge is 0.236 e. The zero-order valence-corrected chi connectivity index (χ0v) is 13.4. The Morgan fingerprint density at radius 1 is 1.41 bits per heavy atom. The lowest BCUT2D eigenvalue weighted by atomic mass is 9.61. The lowest BCUT2D eigenvalue weighted by Crippen LogP contribution is -2.55. The van der Waals surface area contributed by atoms with E-state index in [0.29, 0.717) is 17.7 Å². The van der Waals surface area contributed by atoms with Crippen LogP contribution in [0.3, 0.4) is 0 Å². The number of aromatic amines is 1. The second-order valence-corrected chi connectivity index (χ2v) is 6.73. The fraction of sp³-hybridized carbons (Fsp3) is 0.867. The zero-order valence-electron chi connectivity index (χ0n) is 13.4. The lowest BCUT2D eigenvalue weighted by molar-refractivity contribution is -0.144. The van der Waals surface area contributed by atoms with Gasteiger partial charge in [-0.2, -0.15) is 5.21 Å². The third-order valence-electron chi connectivity index (χ3n) is 5.07. The van der Waals surface area contributed by atoms with E-state index in [-0.39, 0.29) is 5.91 Å². The Morgan fingerprint density at radius 3 is 2.68 bits per heavy atom. The molecule has 7 heteroatoms. The average Bonchev–Trinajstić information content (AvgIpc) is 3.04. The molecular formula is C15H25N5O2. The first kappa shape index (κ1) is 15.4. The summed E-state index contributed by atoms with van der Waals surface area (Å²) in [5.74, 6) is 1.80. The number of ether oxygens (including phenoxy) is 1. The Kier molecular flexibility index (Phi) is 4.42. The Labute approximate surface area is 130 Å². The molecule has 0 atom stereocenters. The van der Waals surface area contributed by atoms with Crippen molar-refractivity contribution in [1.82, 2.24) is 25.5 Å². The molecule has 1 aromatic rings. The Bertz CT molecular complexity index is 492. The molecular weight excluding hydrogens is 282 g/mol. The number of aromatic nitrogens is 4. The van der Waals surface area contributed by atoms with Gasteiger partial charge < -0.3 is 9.64 Å². The van der Waals surface area contributed by atoms with E-state index >= 15 is 0 Å². The number of carbonyl (C=O) groups is 1. The maximum atomic E-state index is 13.2. The van der Waals surface area contributed by atoms with E-state index in [1.807, 2.05) is 11.8 Å². The van der Waals surface area contributed by atoms with Crippen molar-refractivity contribution in [3.8, 4) is 0 Å². The minimum Gasteiger partial charge on any atom is -0.381 e. The quantitative estimate of drug-likeness (QED) is 0.882. The summed E-state index contributed by atoms with van der Waals surface area (Å²) < 4.78 is 5.41. The van der Waals surface area contributed by atoms with Gasteiger partial charge in [-0.15, -0.1) is 10.2 Å². The molecule has 2 fully saturated rings. The number of likely N-dealkylation sites (N-methyl/N-ethyl adjacent to an activating group) is 1. The number of tetrazole rings is 1. The molecule has 1 aromatic heterocycles. The summed E-state index contributed by atoms with van der Waals surface area (Å²) in [4.78, 5) is 15.2. The summed E-state index contributed by atoms with van der Waals surface area (Å²) in [7, 11) is 0. The third-order valence-corrected chi connectivity index (χ3v) is 5.07. The minimum atomic E-state index is -0.562. The number of H-pyrrole nitrogens is 1. The second-order valence-electron chi connectivity index (χ2n) is 6.73. The maximum Gasteiger partial charge on any atom is 0.236 e. The molecule has 122 valence electrons. The maximum absolute atomic E-state index is 13.2. The van der Waals surface area contributed by atoms with Crippen LogP contribution in [0.5, 0.6) is 0 Å². The van der Waals surface area contributed by atoms with Gasteiger partial charge in [0.15, 0.2) is 5.82 Å². The van der Waals surface area contributed by atoms with Crippen molar-refractivity contribution in [2.45, 2.75) is 44.9 Å². The van der Waals surface area contributed by atoms with Crippen LogP contribution < -0.4 is 0 Å². The standard InChI is InChI=1S/C15H25N5O2/c1-3-20(10-12-4-6-22-7-5-12)14(21)15(8-11(2)9-15)13-16-18-19-17-13/h11-12H,3-10H2,1-2H3,(H,16,17,18,19). The molecule has 1 aliphatic carbocycles. The molecule has 2 heterocycles. The summed E-state index contributed by atoms with van der Waals surface area (Å²) in [5, 5.41) is 14.4. The minimum absolute atomic E-state index is 0.168. The van der Waals surface area contributed by atoms with Crippen molar-refractivity contribution in [3.05, 3.63) is 5.82 Å². The first-order valence-electron chi connectivity index (χ1n) is 8.26. The summed E-state index contributed by atoms with van der Waals surface area (Å²) in [6.45, 7) is 7.37. The summed E-state index contributed by atoms with van der Waals surface area (Å²) in [6, 6.07) is 0. The molecule has 0 radical (unpaired) electrons. The Hall–Kier alpha value is -1.50. The molecule has 1 amide bonds. The van der Waals surface area contributed by atoms with Crippen LogP contribution in [0.2, 0.25) is 0 Å². The van der Waals surface area contributed by atoms with E-state index < -0.39 is 5.41 Å². The van der Waals surface area contributed by atoms with E-state index in [1.165, 1.54) is 0 Å². The van der Waals surface area contributed by atoms with Gasteiger partial charge in [-0.3, -0.25) is 4.79 Å². The van der Waals surface area contributed by atoms with Gasteiger partial charge in [0.1, 0.15) is 5.41 Å². The molecule has 0 aromatic carbocycles. The zero-order chi connectivity index (χ0) is 15.6. The number of nitrogens with zero attached hydrogens (tertiary/aromatic N) is 4. The average molecular weight is 307 g/mol. The largest absolute Gasteiger partial charge is 0.381 e. The highest BCUT2D eigenvalue weighted by Gasteiger charge is 2.54. The van der Waals surface area contributed by atoms with Gasteiger partial charge >= 0.3 is 0 Å². The van der Waals surface area contributed by atoms with Crippen LogP contribution in [0, 0.1) is 11.8 Å². The molecule has 0 unspecified atom stereocenters. The second kappa shape index (κ2) is 6.32. The monoisotopic (exact) mass is 307 g/mol. The Morgan fingerprint density at radius 2 is 2.14 bits per heavy atom. The van der Waals surface area contributed by atoms with Gasteiger partial charge in [-0.05, 0) is 44.4 Å². The highest BCUT2D eigenvalue weighted by atomic mass is 16.5. The fourth-order valence-electron chi connectivity index (χ4n) is 3.85. The molecule has 3 rings (SSSR count). The van der Waals surface area contributed by atoms with Crippen molar-refractivity contribution < 1.29 is 9.53 Å². The number of hydrogen-bond donors (Lipinski definition) is 1. The van der Waals surface area contributed by atoms with Crippen molar-refractivity contribution in [2.24, 2.45) is 11.8 Å². The molecule has 1 saturated carbocycles. The first-order valence-corrected chi connectivity index (χ1v) is 8.26. The van der Waals surface area contributed by atoms with Crippen molar-refractivity contribution in [1.29, 1.82) is 0 Å². The highest BCUT2D eigenvalue weighted by molar-refractivity contribution is 5.88. The molecule has 0 spiro atoms. The van der Waals surface area contributed by atoms with E-state index in [2.05, 4.69) is 27.5 Å². The topological polar surface area (TPSA) is 84.0 Å². The molecule has 1 N–H and O–H groups in total. The number of amides is 1. The molecule has 22 heavy (non-hydrogen) atoms. The number of rotatable bonds is 5. The van der Waals surface area contributed by atoms with Gasteiger partial charge in [0.05, 0.1) is 0 Å². The van der Waals surface area contributed by atoms with Crippen LogP contribution in [0.4, 0.5) is 0 Å². The van der Waals surface area contributed by atoms with E-state index in [9.17, 15) is 4.79 Å². The van der Waals surface area contributed by atoms with Gasteiger partial charge in [0, 0.05) is 26.3 Å². The molecule has 7 nitrogen and oxygen atoms in total. The van der Waals surface area contributed by atoms with E-state index in [4.69, 9.17) is 4.74 Å². The van der Waals surface area contributed by atoms with Gasteiger partial charge in [0.25, 0.3) is 0 Å². The molecule has 1 saturated heterocycles. The predicted octanol–water partition coefficient (Wildman–Crippen LogP) is 1.14. The summed E-state index contributed by atoms with van der Waals surface area (Å²) >= 11 is 0. The molecule has 1 aliphatic heterocycles. The third kappa shape index (κ3) is 2.74. The Balaban J connectivity index is 1.74. The number of nitrogens with one attached hydrogen (secondary N) is 1. The van der Waals surface area contributed by atoms with Gasteiger partial charge in [0.2, 0.25) is 5.91 Å². The van der Waals surface area contributed by atoms with Crippen LogP contribution >= 0.6 is 0 Å². The summed E-state index contributed by atoms with van der Waals surface area (Å²) in [5.41, 5.74) is -0.562. The normalized spacial score (nSPS) is 29.1. The van der Waals surface area contributed by atoms with Crippen LogP contribution in [-0.4, -0.2) is 57.7 Å². The predicted molar refractivity (Wildman–Crippen MR) is 80.1 cm³/mol. The molecule has 2 aliphatic rings. The van der Waals surface area contributed by atoms with Crippen LogP contribution in [0.1, 0.15) is 45.4 Å². The SMILES string of the molecule is CCN(CC1CCOCC1)C(=O)C1(c2nn[nH]n2)CC(C)C1. The van der Waals surface area contributed by atoms with E-state index in [1.54, 1.807) is 0 Å². The van der Waals surface area contributed by atoms with E-state index in [0.717, 1.165) is 52.0 Å². The first-order chi connectivity index (χ1) is 10.7. The van der Waals surface area contributed by atoms with Crippen LogP contribution in [0.15, 0.2) is 0 Å². The molecule has 0 bridgehead atoms. The number of carbonyl (C=O) groups excluding carboxylic acids is 1. The van der Waals surface area contributed by atoms with Gasteiger partial charge in [-0.1, -0.05) is 12.1 Å². The highest BCUT2D eigenvalue weighted by Crippen LogP contribution is 2.47. The summed E-state index contributed by atoms with van der Waals surface area (Å²) in [6.07, 6.45) is 3.70. The van der Waals surface area contributed by atoms with Crippen molar-refractivity contribution in [2.75, 3.05) is 26.3 Å². The van der Waals surface area contributed by atoms with Crippen molar-refractivity contribution >= 4 is 5.91 Å².